The molecule has 0 atom stereocenters. The molecule has 9 heavy (non-hydrogen) atoms. The second-order valence-electron chi connectivity index (χ2n) is 1.43. The molecule has 0 saturated heterocycles. The van der Waals surface area contributed by atoms with Crippen LogP contribution < -0.4 is 10.6 Å². The van der Waals surface area contributed by atoms with E-state index in [1.165, 1.54) is 0 Å². The van der Waals surface area contributed by atoms with Crippen LogP contribution in [0.25, 0.3) is 0 Å². The summed E-state index contributed by atoms with van der Waals surface area (Å²) < 4.78 is 0. The highest BCUT2D eigenvalue weighted by Crippen LogP contribution is 1.68. The third-order valence-corrected chi connectivity index (χ3v) is 0.762. The lowest BCUT2D eigenvalue weighted by atomic mass is 10.4. The predicted octanol–water partition coefficient (Wildman–Crippen LogP) is -0.482. The molecule has 0 amide bonds. The lowest BCUT2D eigenvalue weighted by Gasteiger charge is -1.93. The van der Waals surface area contributed by atoms with Crippen LogP contribution in [0.1, 0.15) is 6.42 Å². The molecule has 0 aliphatic rings. The molecule has 0 bridgehead atoms. The fourth-order valence-electron chi connectivity index (χ4n) is 0.377. The van der Waals surface area contributed by atoms with Crippen LogP contribution in [0, 0.1) is 22.9 Å². The van der Waals surface area contributed by atoms with Gasteiger partial charge in [-0.25, -0.2) is 0 Å². The fourth-order valence-corrected chi connectivity index (χ4v) is 0.377. The minimum Gasteiger partial charge on any atom is -0.324 e. The number of nitrogens with zero attached hydrogens (tertiary/aromatic N) is 2. The number of nitriles is 2. The SMILES string of the molecule is N#CNCCCNC#N. The largest absolute Gasteiger partial charge is 0.324 e. The van der Waals surface area contributed by atoms with Crippen LogP contribution in [-0.4, -0.2) is 13.1 Å². The van der Waals surface area contributed by atoms with Gasteiger partial charge in [0.2, 0.25) is 0 Å². The molecule has 4 heteroatoms. The van der Waals surface area contributed by atoms with Gasteiger partial charge >= 0.3 is 0 Å². The molecule has 0 aromatic rings. The standard InChI is InChI=1S/C5H8N4/c6-4-8-2-1-3-9-5-7/h8-9H,1-3H2. The minimum absolute atomic E-state index is 0.630. The predicted molar refractivity (Wildman–Crippen MR) is 31.8 cm³/mol. The molecular weight excluding hydrogens is 116 g/mol. The van der Waals surface area contributed by atoms with Crippen LogP contribution in [0.3, 0.4) is 0 Å². The van der Waals surface area contributed by atoms with E-state index in [9.17, 15) is 0 Å². The van der Waals surface area contributed by atoms with E-state index in [4.69, 9.17) is 10.5 Å². The van der Waals surface area contributed by atoms with Gasteiger partial charge in [0.15, 0.2) is 12.4 Å². The van der Waals surface area contributed by atoms with E-state index in [0.717, 1.165) is 6.42 Å². The zero-order valence-electron chi connectivity index (χ0n) is 5.02. The Labute approximate surface area is 54.1 Å². The van der Waals surface area contributed by atoms with E-state index in [-0.39, 0.29) is 0 Å². The van der Waals surface area contributed by atoms with Crippen molar-refractivity contribution in [2.45, 2.75) is 6.42 Å². The summed E-state index contributed by atoms with van der Waals surface area (Å²) in [4.78, 5) is 0. The first kappa shape index (κ1) is 7.58. The molecule has 0 aromatic carbocycles. The molecule has 2 N–H and O–H groups in total. The highest BCUT2D eigenvalue weighted by Gasteiger charge is 1.81. The highest BCUT2D eigenvalue weighted by molar-refractivity contribution is 4.68. The molecule has 4 nitrogen and oxygen atoms in total. The molecule has 0 spiro atoms. The quantitative estimate of drug-likeness (QED) is 0.301. The van der Waals surface area contributed by atoms with E-state index in [2.05, 4.69) is 10.6 Å². The molecule has 48 valence electrons. The maximum Gasteiger partial charge on any atom is 0.176 e. The number of nitrogens with one attached hydrogen (secondary N) is 2. The van der Waals surface area contributed by atoms with Crippen LogP contribution >= 0.6 is 0 Å². The average Bonchev–Trinajstić information content (AvgIpc) is 1.89. The zero-order chi connectivity index (χ0) is 6.95. The van der Waals surface area contributed by atoms with Gasteiger partial charge in [0.1, 0.15) is 0 Å². The third kappa shape index (κ3) is 6.58. The van der Waals surface area contributed by atoms with E-state index in [1.54, 1.807) is 12.4 Å². The Kier molecular flexibility index (Phi) is 5.54. The van der Waals surface area contributed by atoms with Gasteiger partial charge < -0.3 is 10.6 Å². The summed E-state index contributed by atoms with van der Waals surface area (Å²) in [5.74, 6) is 0. The average molecular weight is 124 g/mol. The second-order valence-corrected chi connectivity index (χ2v) is 1.43. The first-order valence-electron chi connectivity index (χ1n) is 2.65. The highest BCUT2D eigenvalue weighted by atomic mass is 14.9. The summed E-state index contributed by atoms with van der Waals surface area (Å²) in [6.45, 7) is 1.26. The summed E-state index contributed by atoms with van der Waals surface area (Å²) in [5, 5.41) is 20.9. The van der Waals surface area contributed by atoms with Gasteiger partial charge in [-0.1, -0.05) is 0 Å². The van der Waals surface area contributed by atoms with E-state index in [1.807, 2.05) is 0 Å². The molecule has 0 rings (SSSR count). The van der Waals surface area contributed by atoms with Gasteiger partial charge in [-0.05, 0) is 6.42 Å². The van der Waals surface area contributed by atoms with E-state index in [0.29, 0.717) is 13.1 Å². The second kappa shape index (κ2) is 6.58. The molecule has 0 aliphatic carbocycles. The molecule has 0 fully saturated rings. The molecule has 0 radical (unpaired) electrons. The maximum absolute atomic E-state index is 7.98. The van der Waals surface area contributed by atoms with Gasteiger partial charge in [0.05, 0.1) is 0 Å². The van der Waals surface area contributed by atoms with Crippen molar-refractivity contribution in [3.05, 3.63) is 0 Å². The van der Waals surface area contributed by atoms with Gasteiger partial charge in [-0.3, -0.25) is 0 Å². The number of rotatable bonds is 4. The maximum atomic E-state index is 7.98. The van der Waals surface area contributed by atoms with Crippen molar-refractivity contribution < 1.29 is 0 Å². The number of hydrogen-bond acceptors (Lipinski definition) is 4. The Bertz CT molecular complexity index is 113. The first-order chi connectivity index (χ1) is 4.41. The van der Waals surface area contributed by atoms with E-state index < -0.39 is 0 Å². The van der Waals surface area contributed by atoms with Crippen LogP contribution in [0.4, 0.5) is 0 Å². The van der Waals surface area contributed by atoms with E-state index >= 15 is 0 Å². The molecule has 0 aliphatic heterocycles. The zero-order valence-corrected chi connectivity index (χ0v) is 5.02. The summed E-state index contributed by atoms with van der Waals surface area (Å²) in [6.07, 6.45) is 4.36. The number of hydrogen-bond donors (Lipinski definition) is 2. The van der Waals surface area contributed by atoms with Crippen LogP contribution in [0.2, 0.25) is 0 Å². The van der Waals surface area contributed by atoms with Gasteiger partial charge in [-0.2, -0.15) is 10.5 Å². The first-order valence-corrected chi connectivity index (χ1v) is 2.65. The summed E-state index contributed by atoms with van der Waals surface area (Å²) in [7, 11) is 0. The van der Waals surface area contributed by atoms with Crippen molar-refractivity contribution in [2.75, 3.05) is 13.1 Å². The Hall–Kier alpha value is -1.42. The Morgan fingerprint density at radius 3 is 1.78 bits per heavy atom. The normalized spacial score (nSPS) is 6.89. The monoisotopic (exact) mass is 124 g/mol. The van der Waals surface area contributed by atoms with Gasteiger partial charge in [0.25, 0.3) is 0 Å². The Morgan fingerprint density at radius 1 is 1.00 bits per heavy atom. The fraction of sp³-hybridized carbons (Fsp3) is 0.600. The van der Waals surface area contributed by atoms with Crippen molar-refractivity contribution in [1.82, 2.24) is 10.6 Å². The van der Waals surface area contributed by atoms with Gasteiger partial charge in [0, 0.05) is 13.1 Å². The third-order valence-electron chi connectivity index (χ3n) is 0.762. The lowest BCUT2D eigenvalue weighted by molar-refractivity contribution is 0.722. The van der Waals surface area contributed by atoms with Crippen LogP contribution in [0.15, 0.2) is 0 Å². The summed E-state index contributed by atoms with van der Waals surface area (Å²) in [5.41, 5.74) is 0. The van der Waals surface area contributed by atoms with Crippen molar-refractivity contribution in [3.63, 3.8) is 0 Å². The van der Waals surface area contributed by atoms with Gasteiger partial charge in [-0.15, -0.1) is 0 Å². The Morgan fingerprint density at radius 2 is 1.44 bits per heavy atom. The topological polar surface area (TPSA) is 71.6 Å². The molecule has 0 heterocycles. The molecule has 0 aromatic heterocycles. The smallest absolute Gasteiger partial charge is 0.176 e. The van der Waals surface area contributed by atoms with Crippen molar-refractivity contribution in [3.8, 4) is 12.4 Å². The van der Waals surface area contributed by atoms with Crippen molar-refractivity contribution >= 4 is 0 Å². The minimum atomic E-state index is 0.630. The summed E-state index contributed by atoms with van der Waals surface area (Å²) >= 11 is 0. The molecular formula is C5H8N4. The molecule has 0 unspecified atom stereocenters. The van der Waals surface area contributed by atoms with Crippen molar-refractivity contribution in [1.29, 1.82) is 10.5 Å². The molecule has 0 saturated carbocycles. The van der Waals surface area contributed by atoms with Crippen molar-refractivity contribution in [2.24, 2.45) is 0 Å². The lowest BCUT2D eigenvalue weighted by Crippen LogP contribution is -2.15. The van der Waals surface area contributed by atoms with Crippen LogP contribution in [-0.2, 0) is 0 Å². The Balaban J connectivity index is 2.79. The van der Waals surface area contributed by atoms with Crippen LogP contribution in [0.5, 0.6) is 0 Å². The summed E-state index contributed by atoms with van der Waals surface area (Å²) in [6, 6.07) is 0.